The summed E-state index contributed by atoms with van der Waals surface area (Å²) in [4.78, 5) is 39.5. The van der Waals surface area contributed by atoms with Gasteiger partial charge in [0.2, 0.25) is 5.91 Å². The third-order valence-electron chi connectivity index (χ3n) is 4.65. The zero-order valence-electron chi connectivity index (χ0n) is 18.9. The molecule has 1 saturated heterocycles. The third kappa shape index (κ3) is 7.04. The van der Waals surface area contributed by atoms with E-state index in [4.69, 9.17) is 9.47 Å². The van der Waals surface area contributed by atoms with E-state index in [2.05, 4.69) is 37.7 Å². The average Bonchev–Trinajstić information content (AvgIpc) is 2.87. The van der Waals surface area contributed by atoms with Crippen LogP contribution < -0.4 is 0 Å². The summed E-state index contributed by atoms with van der Waals surface area (Å²) in [7, 11) is -0.264. The van der Waals surface area contributed by atoms with Crippen molar-refractivity contribution < 1.29 is 23.9 Å². The van der Waals surface area contributed by atoms with E-state index >= 15 is 0 Å². The minimum Gasteiger partial charge on any atom is -0.467 e. The van der Waals surface area contributed by atoms with Gasteiger partial charge in [0, 0.05) is 6.42 Å². The predicted molar refractivity (Wildman–Crippen MR) is 116 cm³/mol. The Hall–Kier alpha value is -2.07. The van der Waals surface area contributed by atoms with Crippen LogP contribution in [-0.2, 0) is 19.1 Å². The molecule has 0 aromatic rings. The van der Waals surface area contributed by atoms with Gasteiger partial charge in [-0.15, -0.1) is 18.0 Å². The Morgan fingerprint density at radius 2 is 1.93 bits per heavy atom. The Kier molecular flexibility index (Phi) is 8.28. The molecule has 1 fully saturated rings. The SMILES string of the molecule is C=CCCC1(CCC#C[Si](C)(C)C)C[C@@H](C(=O)OC)N(C(=O)OC(C)(C)C)C1=O. The molecule has 0 aromatic carbocycles. The lowest BCUT2D eigenvalue weighted by Gasteiger charge is -2.28. The number of hydrogen-bond donors (Lipinski definition) is 0. The maximum atomic E-state index is 13.4. The molecule has 2 atom stereocenters. The smallest absolute Gasteiger partial charge is 0.417 e. The number of imide groups is 1. The van der Waals surface area contributed by atoms with Crippen molar-refractivity contribution in [3.63, 3.8) is 0 Å². The monoisotopic (exact) mass is 421 g/mol. The molecule has 1 unspecified atom stereocenters. The molecule has 6 nitrogen and oxygen atoms in total. The van der Waals surface area contributed by atoms with Gasteiger partial charge in [0.1, 0.15) is 19.7 Å². The quantitative estimate of drug-likeness (QED) is 0.277. The van der Waals surface area contributed by atoms with Crippen molar-refractivity contribution in [2.24, 2.45) is 5.41 Å². The van der Waals surface area contributed by atoms with Crippen molar-refractivity contribution in [3.05, 3.63) is 12.7 Å². The number of likely N-dealkylation sites (tertiary alicyclic amines) is 1. The van der Waals surface area contributed by atoms with Crippen molar-refractivity contribution in [1.82, 2.24) is 4.90 Å². The van der Waals surface area contributed by atoms with Gasteiger partial charge in [-0.3, -0.25) is 4.79 Å². The second kappa shape index (κ2) is 9.62. The highest BCUT2D eigenvalue weighted by atomic mass is 28.3. The number of ether oxygens (including phenoxy) is 2. The van der Waals surface area contributed by atoms with E-state index in [0.29, 0.717) is 25.7 Å². The van der Waals surface area contributed by atoms with Gasteiger partial charge in [-0.25, -0.2) is 14.5 Å². The highest BCUT2D eigenvalue weighted by molar-refractivity contribution is 6.83. The van der Waals surface area contributed by atoms with Gasteiger partial charge < -0.3 is 9.47 Å². The lowest BCUT2D eigenvalue weighted by molar-refractivity contribution is -0.149. The van der Waals surface area contributed by atoms with Gasteiger partial charge in [0.25, 0.3) is 0 Å². The average molecular weight is 422 g/mol. The largest absolute Gasteiger partial charge is 0.467 e. The molecule has 7 heteroatoms. The number of amides is 2. The molecule has 162 valence electrons. The maximum Gasteiger partial charge on any atom is 0.417 e. The summed E-state index contributed by atoms with van der Waals surface area (Å²) in [6, 6.07) is -0.989. The van der Waals surface area contributed by atoms with Crippen molar-refractivity contribution in [3.8, 4) is 11.5 Å². The lowest BCUT2D eigenvalue weighted by atomic mass is 9.76. The van der Waals surface area contributed by atoms with Gasteiger partial charge in [-0.1, -0.05) is 25.7 Å². The third-order valence-corrected chi connectivity index (χ3v) is 5.58. The summed E-state index contributed by atoms with van der Waals surface area (Å²) in [6.07, 6.45) is 3.24. The molecule has 0 N–H and O–H groups in total. The molecule has 1 rings (SSSR count). The van der Waals surface area contributed by atoms with Gasteiger partial charge in [-0.2, -0.15) is 0 Å². The topological polar surface area (TPSA) is 72.9 Å². The second-order valence-electron chi connectivity index (χ2n) is 9.56. The van der Waals surface area contributed by atoms with Crippen molar-refractivity contribution in [1.29, 1.82) is 0 Å². The fraction of sp³-hybridized carbons (Fsp3) is 0.682. The number of allylic oxidation sites excluding steroid dienone is 1. The Morgan fingerprint density at radius 3 is 2.41 bits per heavy atom. The molecule has 0 radical (unpaired) electrons. The Balaban J connectivity index is 3.24. The van der Waals surface area contributed by atoms with Crippen LogP contribution in [-0.4, -0.2) is 49.7 Å². The summed E-state index contributed by atoms with van der Waals surface area (Å²) in [6.45, 7) is 15.4. The first-order valence-electron chi connectivity index (χ1n) is 10.0. The molecular formula is C22H35NO5Si. The lowest BCUT2D eigenvalue weighted by Crippen LogP contribution is -2.47. The van der Waals surface area contributed by atoms with Crippen LogP contribution in [0.2, 0.25) is 19.6 Å². The summed E-state index contributed by atoms with van der Waals surface area (Å²) in [5.41, 5.74) is 1.66. The number of methoxy groups -OCH3 is 1. The Bertz CT molecular complexity index is 707. The van der Waals surface area contributed by atoms with E-state index in [1.165, 1.54) is 7.11 Å². The zero-order valence-corrected chi connectivity index (χ0v) is 19.9. The molecule has 0 saturated carbocycles. The van der Waals surface area contributed by atoms with Crippen molar-refractivity contribution in [2.75, 3.05) is 7.11 Å². The van der Waals surface area contributed by atoms with E-state index in [-0.39, 0.29) is 12.3 Å². The molecule has 29 heavy (non-hydrogen) atoms. The molecule has 0 bridgehead atoms. The van der Waals surface area contributed by atoms with Gasteiger partial charge in [-0.05, 0) is 46.5 Å². The van der Waals surface area contributed by atoms with Crippen LogP contribution in [0.5, 0.6) is 0 Å². The van der Waals surface area contributed by atoms with Crippen LogP contribution in [0.1, 0.15) is 52.9 Å². The van der Waals surface area contributed by atoms with Crippen LogP contribution in [0.15, 0.2) is 12.7 Å². The maximum absolute atomic E-state index is 13.4. The molecular weight excluding hydrogens is 386 g/mol. The fourth-order valence-electron chi connectivity index (χ4n) is 3.34. The van der Waals surface area contributed by atoms with Crippen LogP contribution in [0, 0.1) is 16.9 Å². The molecule has 0 aromatic heterocycles. The van der Waals surface area contributed by atoms with Crippen molar-refractivity contribution in [2.45, 2.75) is 84.2 Å². The predicted octanol–water partition coefficient (Wildman–Crippen LogP) is 4.31. The zero-order chi connectivity index (χ0) is 22.5. The first-order valence-corrected chi connectivity index (χ1v) is 13.5. The van der Waals surface area contributed by atoms with E-state index in [1.54, 1.807) is 26.8 Å². The normalized spacial score (nSPS) is 22.0. The number of carbonyl (C=O) groups is 3. The van der Waals surface area contributed by atoms with Gasteiger partial charge >= 0.3 is 12.1 Å². The summed E-state index contributed by atoms with van der Waals surface area (Å²) in [5, 5.41) is 0. The highest BCUT2D eigenvalue weighted by Gasteiger charge is 2.56. The molecule has 2 amide bonds. The number of rotatable bonds is 6. The molecule has 0 spiro atoms. The van der Waals surface area contributed by atoms with Crippen molar-refractivity contribution >= 4 is 26.0 Å². The molecule has 1 heterocycles. The van der Waals surface area contributed by atoms with E-state index in [0.717, 1.165) is 4.90 Å². The first kappa shape index (κ1) is 25.0. The van der Waals surface area contributed by atoms with E-state index in [1.807, 2.05) is 0 Å². The first-order chi connectivity index (χ1) is 13.3. The highest BCUT2D eigenvalue weighted by Crippen LogP contribution is 2.45. The van der Waals surface area contributed by atoms with Crippen LogP contribution in [0.4, 0.5) is 4.79 Å². The Morgan fingerprint density at radius 1 is 1.31 bits per heavy atom. The number of esters is 1. The van der Waals surface area contributed by atoms with Crippen LogP contribution in [0.3, 0.4) is 0 Å². The summed E-state index contributed by atoms with van der Waals surface area (Å²) in [5.74, 6) is 2.19. The standard InChI is InChI=1S/C22H35NO5Si/c1-9-10-13-22(14-11-12-15-29(6,7)8)16-17(18(24)27-5)23(19(22)25)20(26)28-21(2,3)4/h9,17H,1,10-11,13-14,16H2,2-8H3/t17-,22?/m0/s1. The number of carbonyl (C=O) groups excluding carboxylic acids is 3. The van der Waals surface area contributed by atoms with Gasteiger partial charge in [0.15, 0.2) is 0 Å². The van der Waals surface area contributed by atoms with Crippen LogP contribution in [0.25, 0.3) is 0 Å². The molecule has 1 aliphatic heterocycles. The summed E-state index contributed by atoms with van der Waals surface area (Å²) < 4.78 is 10.3. The minimum atomic E-state index is -1.52. The number of hydrogen-bond acceptors (Lipinski definition) is 5. The molecule has 1 aliphatic rings. The van der Waals surface area contributed by atoms with Crippen LogP contribution >= 0.6 is 0 Å². The second-order valence-corrected chi connectivity index (χ2v) is 14.3. The summed E-state index contributed by atoms with van der Waals surface area (Å²) >= 11 is 0. The van der Waals surface area contributed by atoms with E-state index < -0.39 is 37.2 Å². The fourth-order valence-corrected chi connectivity index (χ4v) is 4.00. The molecule has 0 aliphatic carbocycles. The Labute approximate surface area is 176 Å². The van der Waals surface area contributed by atoms with Gasteiger partial charge in [0.05, 0.1) is 12.5 Å². The van der Waals surface area contributed by atoms with E-state index in [9.17, 15) is 14.4 Å². The number of nitrogens with zero attached hydrogens (tertiary/aromatic N) is 1. The minimum absolute atomic E-state index is 0.209.